The fourth-order valence-electron chi connectivity index (χ4n) is 2.30. The van der Waals surface area contributed by atoms with Gasteiger partial charge in [0.1, 0.15) is 11.5 Å². The third-order valence-corrected chi connectivity index (χ3v) is 4.80. The largest absolute Gasteiger partial charge is 0.466 e. The fourth-order valence-corrected chi connectivity index (χ4v) is 3.57. The number of hydrogen-bond acceptors (Lipinski definition) is 3. The van der Waals surface area contributed by atoms with E-state index in [4.69, 9.17) is 4.42 Å². The maximum atomic E-state index is 5.52. The molecule has 1 unspecified atom stereocenters. The van der Waals surface area contributed by atoms with Gasteiger partial charge in [-0.3, -0.25) is 0 Å². The second-order valence-corrected chi connectivity index (χ2v) is 6.63. The van der Waals surface area contributed by atoms with Crippen LogP contribution in [0.2, 0.25) is 0 Å². The first kappa shape index (κ1) is 12.1. The van der Waals surface area contributed by atoms with E-state index in [-0.39, 0.29) is 0 Å². The molecule has 0 bridgehead atoms. The van der Waals surface area contributed by atoms with Crippen LogP contribution in [0.4, 0.5) is 0 Å². The molecule has 1 fully saturated rings. The molecule has 1 atom stereocenters. The van der Waals surface area contributed by atoms with Gasteiger partial charge >= 0.3 is 0 Å². The number of rotatable bonds is 4. The van der Waals surface area contributed by atoms with Gasteiger partial charge in [0.25, 0.3) is 0 Å². The number of nitrogens with one attached hydrogen (secondary N) is 1. The predicted molar refractivity (Wildman–Crippen MR) is 70.0 cm³/mol. The summed E-state index contributed by atoms with van der Waals surface area (Å²) in [7, 11) is 0. The van der Waals surface area contributed by atoms with Gasteiger partial charge in [0.15, 0.2) is 0 Å². The van der Waals surface area contributed by atoms with E-state index in [0.717, 1.165) is 24.6 Å². The van der Waals surface area contributed by atoms with E-state index in [1.54, 1.807) is 0 Å². The van der Waals surface area contributed by atoms with Gasteiger partial charge in [0.05, 0.1) is 0 Å². The molecule has 0 amide bonds. The van der Waals surface area contributed by atoms with Gasteiger partial charge in [-0.1, -0.05) is 0 Å². The van der Waals surface area contributed by atoms with Gasteiger partial charge in [-0.15, -0.1) is 0 Å². The number of furan rings is 1. The van der Waals surface area contributed by atoms with E-state index in [9.17, 15) is 0 Å². The van der Waals surface area contributed by atoms with Crippen molar-refractivity contribution in [2.24, 2.45) is 0 Å². The van der Waals surface area contributed by atoms with Gasteiger partial charge in [-0.25, -0.2) is 0 Å². The predicted octanol–water partition coefficient (Wildman–Crippen LogP) is 3.27. The van der Waals surface area contributed by atoms with Crippen molar-refractivity contribution in [3.05, 3.63) is 23.2 Å². The summed E-state index contributed by atoms with van der Waals surface area (Å²) in [6, 6.07) is 2.13. The zero-order chi connectivity index (χ0) is 11.6. The van der Waals surface area contributed by atoms with Crippen molar-refractivity contribution in [2.45, 2.75) is 44.9 Å². The summed E-state index contributed by atoms with van der Waals surface area (Å²) in [5.74, 6) is 3.38. The third kappa shape index (κ3) is 2.83. The highest BCUT2D eigenvalue weighted by Crippen LogP contribution is 2.37. The number of hydrogen-bond donors (Lipinski definition) is 1. The van der Waals surface area contributed by atoms with E-state index in [1.165, 1.54) is 24.2 Å². The first-order chi connectivity index (χ1) is 7.59. The SMILES string of the molecule is Cc1cc(CNCC2(C)CCCS2)c(C)o1. The Morgan fingerprint density at radius 3 is 2.88 bits per heavy atom. The van der Waals surface area contributed by atoms with Crippen molar-refractivity contribution >= 4 is 11.8 Å². The lowest BCUT2D eigenvalue weighted by Gasteiger charge is -2.22. The maximum Gasteiger partial charge on any atom is 0.105 e. The van der Waals surface area contributed by atoms with Crippen molar-refractivity contribution in [3.63, 3.8) is 0 Å². The Morgan fingerprint density at radius 2 is 2.31 bits per heavy atom. The summed E-state index contributed by atoms with van der Waals surface area (Å²) >= 11 is 2.10. The highest BCUT2D eigenvalue weighted by Gasteiger charge is 2.28. The highest BCUT2D eigenvalue weighted by molar-refractivity contribution is 8.00. The van der Waals surface area contributed by atoms with Gasteiger partial charge in [-0.05, 0) is 45.4 Å². The quantitative estimate of drug-likeness (QED) is 0.873. The summed E-state index contributed by atoms with van der Waals surface area (Å²) in [5.41, 5.74) is 1.30. The highest BCUT2D eigenvalue weighted by atomic mass is 32.2. The molecule has 1 N–H and O–H groups in total. The summed E-state index contributed by atoms with van der Waals surface area (Å²) < 4.78 is 5.97. The lowest BCUT2D eigenvalue weighted by atomic mass is 10.1. The second kappa shape index (κ2) is 4.84. The molecule has 1 saturated heterocycles. The molecule has 1 aliphatic heterocycles. The number of aryl methyl sites for hydroxylation is 2. The minimum absolute atomic E-state index is 0.451. The number of thioether (sulfide) groups is 1. The molecule has 0 saturated carbocycles. The van der Waals surface area contributed by atoms with Crippen molar-refractivity contribution in [2.75, 3.05) is 12.3 Å². The van der Waals surface area contributed by atoms with Gasteiger partial charge < -0.3 is 9.73 Å². The van der Waals surface area contributed by atoms with Crippen molar-refractivity contribution in [1.82, 2.24) is 5.32 Å². The third-order valence-electron chi connectivity index (χ3n) is 3.26. The molecule has 1 aliphatic rings. The summed E-state index contributed by atoms with van der Waals surface area (Å²) in [4.78, 5) is 0. The minimum Gasteiger partial charge on any atom is -0.466 e. The van der Waals surface area contributed by atoms with Crippen LogP contribution in [0.25, 0.3) is 0 Å². The molecule has 3 heteroatoms. The molecule has 90 valence electrons. The Bertz CT molecular complexity index is 353. The molecule has 0 radical (unpaired) electrons. The average Bonchev–Trinajstić information content (AvgIpc) is 2.75. The van der Waals surface area contributed by atoms with Crippen LogP contribution in [0.15, 0.2) is 10.5 Å². The normalized spacial score (nSPS) is 25.2. The summed E-state index contributed by atoms with van der Waals surface area (Å²) in [6.45, 7) is 8.44. The molecule has 1 aromatic rings. The van der Waals surface area contributed by atoms with Crippen LogP contribution in [0.3, 0.4) is 0 Å². The molecule has 0 aromatic carbocycles. The van der Waals surface area contributed by atoms with Crippen LogP contribution >= 0.6 is 11.8 Å². The molecule has 16 heavy (non-hydrogen) atoms. The lowest BCUT2D eigenvalue weighted by Crippen LogP contribution is -2.32. The van der Waals surface area contributed by atoms with Gasteiger partial charge in [0, 0.05) is 23.4 Å². The Morgan fingerprint density at radius 1 is 1.50 bits per heavy atom. The molecule has 2 nitrogen and oxygen atoms in total. The van der Waals surface area contributed by atoms with E-state index >= 15 is 0 Å². The zero-order valence-corrected chi connectivity index (χ0v) is 11.2. The standard InChI is InChI=1S/C13H21NOS/c1-10-7-12(11(2)15-10)8-14-9-13(3)5-4-6-16-13/h7,14H,4-6,8-9H2,1-3H3. The molecule has 2 heterocycles. The lowest BCUT2D eigenvalue weighted by molar-refractivity contribution is 0.494. The second-order valence-electron chi connectivity index (χ2n) is 4.94. The Hall–Kier alpha value is -0.410. The summed E-state index contributed by atoms with van der Waals surface area (Å²) in [6.07, 6.45) is 2.71. The van der Waals surface area contributed by atoms with Crippen LogP contribution in [-0.2, 0) is 6.54 Å². The first-order valence-electron chi connectivity index (χ1n) is 6.00. The smallest absolute Gasteiger partial charge is 0.105 e. The van der Waals surface area contributed by atoms with E-state index < -0.39 is 0 Å². The van der Waals surface area contributed by atoms with Crippen molar-refractivity contribution in [3.8, 4) is 0 Å². The fraction of sp³-hybridized carbons (Fsp3) is 0.692. The minimum atomic E-state index is 0.451. The van der Waals surface area contributed by atoms with E-state index in [2.05, 4.69) is 30.1 Å². The topological polar surface area (TPSA) is 25.2 Å². The molecule has 2 rings (SSSR count). The average molecular weight is 239 g/mol. The Kier molecular flexibility index (Phi) is 3.65. The van der Waals surface area contributed by atoms with E-state index in [1.807, 2.05) is 13.8 Å². The van der Waals surface area contributed by atoms with E-state index in [0.29, 0.717) is 4.75 Å². The Labute approximate surface area is 102 Å². The summed E-state index contributed by atoms with van der Waals surface area (Å²) in [5, 5.41) is 3.56. The molecule has 1 aromatic heterocycles. The van der Waals surface area contributed by atoms with Crippen LogP contribution in [0.5, 0.6) is 0 Å². The van der Waals surface area contributed by atoms with Crippen LogP contribution < -0.4 is 5.32 Å². The Balaban J connectivity index is 1.81. The molecular weight excluding hydrogens is 218 g/mol. The van der Waals surface area contributed by atoms with Crippen LogP contribution in [-0.4, -0.2) is 17.0 Å². The van der Waals surface area contributed by atoms with Crippen LogP contribution in [0, 0.1) is 13.8 Å². The molecule has 0 aliphatic carbocycles. The van der Waals surface area contributed by atoms with Crippen molar-refractivity contribution in [1.29, 1.82) is 0 Å². The van der Waals surface area contributed by atoms with Crippen molar-refractivity contribution < 1.29 is 4.42 Å². The maximum absolute atomic E-state index is 5.52. The van der Waals surface area contributed by atoms with Crippen LogP contribution in [0.1, 0.15) is 36.8 Å². The van der Waals surface area contributed by atoms with Gasteiger partial charge in [0.2, 0.25) is 0 Å². The molecular formula is C13H21NOS. The zero-order valence-electron chi connectivity index (χ0n) is 10.4. The van der Waals surface area contributed by atoms with Gasteiger partial charge in [-0.2, -0.15) is 11.8 Å². The molecule has 0 spiro atoms. The monoisotopic (exact) mass is 239 g/mol. The first-order valence-corrected chi connectivity index (χ1v) is 6.98.